The summed E-state index contributed by atoms with van der Waals surface area (Å²) in [6.07, 6.45) is 0. The highest BCUT2D eigenvalue weighted by atomic mass is 19.1. The van der Waals surface area contributed by atoms with E-state index in [9.17, 15) is 18.8 Å². The van der Waals surface area contributed by atoms with Gasteiger partial charge in [-0.3, -0.25) is 14.4 Å². The van der Waals surface area contributed by atoms with Gasteiger partial charge in [-0.05, 0) is 60.7 Å². The third-order valence-corrected chi connectivity index (χ3v) is 3.93. The number of amides is 3. The zero-order valence-electron chi connectivity index (χ0n) is 15.5. The lowest BCUT2D eigenvalue weighted by atomic mass is 10.1. The highest BCUT2D eigenvalue weighted by Gasteiger charge is 2.12. The van der Waals surface area contributed by atoms with Crippen molar-refractivity contribution in [1.82, 2.24) is 0 Å². The Kier molecular flexibility index (Phi) is 5.99. The van der Waals surface area contributed by atoms with E-state index in [4.69, 9.17) is 0 Å². The molecule has 0 aliphatic carbocycles. The molecule has 0 aliphatic heterocycles. The van der Waals surface area contributed by atoms with E-state index in [0.717, 1.165) is 0 Å². The van der Waals surface area contributed by atoms with Gasteiger partial charge < -0.3 is 16.0 Å². The first-order valence-corrected chi connectivity index (χ1v) is 8.77. The molecule has 0 bridgehead atoms. The Hall–Kier alpha value is -4.00. The number of hydrogen-bond donors (Lipinski definition) is 3. The molecule has 0 unspecified atom stereocenters. The molecule has 29 heavy (non-hydrogen) atoms. The van der Waals surface area contributed by atoms with Gasteiger partial charge in [0.1, 0.15) is 5.82 Å². The minimum Gasteiger partial charge on any atom is -0.326 e. The summed E-state index contributed by atoms with van der Waals surface area (Å²) in [5.41, 5.74) is 2.09. The molecule has 3 aromatic carbocycles. The molecule has 0 atom stereocenters. The molecule has 0 radical (unpaired) electrons. The van der Waals surface area contributed by atoms with Gasteiger partial charge in [-0.1, -0.05) is 12.1 Å². The minimum absolute atomic E-state index is 0.214. The fourth-order valence-electron chi connectivity index (χ4n) is 2.62. The van der Waals surface area contributed by atoms with Crippen LogP contribution in [0.2, 0.25) is 0 Å². The van der Waals surface area contributed by atoms with Crippen LogP contribution in [-0.2, 0) is 4.79 Å². The van der Waals surface area contributed by atoms with Gasteiger partial charge in [0.25, 0.3) is 11.8 Å². The van der Waals surface area contributed by atoms with Gasteiger partial charge in [-0.2, -0.15) is 0 Å². The second-order valence-corrected chi connectivity index (χ2v) is 6.26. The largest absolute Gasteiger partial charge is 0.326 e. The van der Waals surface area contributed by atoms with Crippen LogP contribution in [0.1, 0.15) is 27.6 Å². The topological polar surface area (TPSA) is 87.3 Å². The molecular weight excluding hydrogens is 373 g/mol. The zero-order chi connectivity index (χ0) is 20.8. The molecule has 0 saturated carbocycles. The van der Waals surface area contributed by atoms with Crippen molar-refractivity contribution < 1.29 is 18.8 Å². The minimum atomic E-state index is -0.418. The summed E-state index contributed by atoms with van der Waals surface area (Å²) in [5.74, 6) is -1.43. The van der Waals surface area contributed by atoms with Crippen LogP contribution in [0.3, 0.4) is 0 Å². The van der Waals surface area contributed by atoms with E-state index < -0.39 is 17.6 Å². The third-order valence-electron chi connectivity index (χ3n) is 3.93. The maximum Gasteiger partial charge on any atom is 0.255 e. The van der Waals surface area contributed by atoms with Gasteiger partial charge in [-0.15, -0.1) is 0 Å². The van der Waals surface area contributed by atoms with Crippen LogP contribution in [0.15, 0.2) is 72.8 Å². The Bertz CT molecular complexity index is 1060. The number of hydrogen-bond acceptors (Lipinski definition) is 3. The van der Waals surface area contributed by atoms with E-state index in [1.54, 1.807) is 42.5 Å². The van der Waals surface area contributed by atoms with Gasteiger partial charge in [0.15, 0.2) is 0 Å². The van der Waals surface area contributed by atoms with Crippen LogP contribution < -0.4 is 16.0 Å². The second kappa shape index (κ2) is 8.79. The summed E-state index contributed by atoms with van der Waals surface area (Å²) in [7, 11) is 0. The Labute approximate surface area is 166 Å². The Morgan fingerprint density at radius 2 is 1.17 bits per heavy atom. The van der Waals surface area contributed by atoms with Gasteiger partial charge in [0, 0.05) is 35.1 Å². The second-order valence-electron chi connectivity index (χ2n) is 6.26. The number of carbonyl (C=O) groups excluding carboxylic acids is 3. The summed E-state index contributed by atoms with van der Waals surface area (Å²) < 4.78 is 13.0. The molecular formula is C22H18FN3O3. The molecule has 0 fully saturated rings. The first-order chi connectivity index (χ1) is 13.9. The molecule has 0 heterocycles. The van der Waals surface area contributed by atoms with E-state index in [1.165, 1.54) is 37.3 Å². The number of carbonyl (C=O) groups is 3. The number of rotatable bonds is 5. The van der Waals surface area contributed by atoms with Crippen LogP contribution in [0.25, 0.3) is 0 Å². The van der Waals surface area contributed by atoms with Crippen molar-refractivity contribution in [3.63, 3.8) is 0 Å². The smallest absolute Gasteiger partial charge is 0.255 e. The molecule has 146 valence electrons. The first kappa shape index (κ1) is 19.8. The van der Waals surface area contributed by atoms with E-state index in [1.807, 2.05) is 0 Å². The van der Waals surface area contributed by atoms with Crippen molar-refractivity contribution in [1.29, 1.82) is 0 Å². The molecule has 0 aliphatic rings. The monoisotopic (exact) mass is 391 g/mol. The van der Waals surface area contributed by atoms with Crippen molar-refractivity contribution in [2.45, 2.75) is 6.92 Å². The van der Waals surface area contributed by atoms with E-state index in [2.05, 4.69) is 16.0 Å². The van der Waals surface area contributed by atoms with Crippen LogP contribution in [0.4, 0.5) is 21.5 Å². The molecule has 0 spiro atoms. The molecule has 3 aromatic rings. The molecule has 7 heteroatoms. The Morgan fingerprint density at radius 3 is 1.76 bits per heavy atom. The molecule has 3 N–H and O–H groups in total. The van der Waals surface area contributed by atoms with Gasteiger partial charge in [-0.25, -0.2) is 4.39 Å². The normalized spacial score (nSPS) is 10.1. The van der Waals surface area contributed by atoms with Crippen molar-refractivity contribution in [2.24, 2.45) is 0 Å². The highest BCUT2D eigenvalue weighted by Crippen LogP contribution is 2.17. The molecule has 6 nitrogen and oxygen atoms in total. The van der Waals surface area contributed by atoms with E-state index in [0.29, 0.717) is 22.6 Å². The average molecular weight is 391 g/mol. The summed E-state index contributed by atoms with van der Waals surface area (Å²) in [6.45, 7) is 1.40. The molecule has 0 saturated heterocycles. The zero-order valence-corrected chi connectivity index (χ0v) is 15.5. The predicted octanol–water partition coefficient (Wildman–Crippen LogP) is 4.29. The van der Waals surface area contributed by atoms with Crippen LogP contribution in [0, 0.1) is 5.82 Å². The SMILES string of the molecule is CC(=O)Nc1cccc(NC(=O)c2cccc(C(=O)Nc3ccc(F)cc3)c2)c1. The van der Waals surface area contributed by atoms with Gasteiger partial charge in [0.05, 0.1) is 0 Å². The summed E-state index contributed by atoms with van der Waals surface area (Å²) in [6, 6.07) is 18.3. The standard InChI is InChI=1S/C22H18FN3O3/c1-14(27)24-19-6-3-7-20(13-19)26-22(29)16-5-2-4-15(12-16)21(28)25-18-10-8-17(23)9-11-18/h2-13H,1H3,(H,24,27)(H,25,28)(H,26,29). The highest BCUT2D eigenvalue weighted by molar-refractivity contribution is 6.08. The number of halogens is 1. The molecule has 3 rings (SSSR count). The lowest BCUT2D eigenvalue weighted by Gasteiger charge is -2.09. The predicted molar refractivity (Wildman–Crippen MR) is 109 cm³/mol. The lowest BCUT2D eigenvalue weighted by Crippen LogP contribution is -2.15. The lowest BCUT2D eigenvalue weighted by molar-refractivity contribution is -0.114. The quantitative estimate of drug-likeness (QED) is 0.606. The van der Waals surface area contributed by atoms with Crippen molar-refractivity contribution >= 4 is 34.8 Å². The molecule has 0 aromatic heterocycles. The van der Waals surface area contributed by atoms with E-state index >= 15 is 0 Å². The van der Waals surface area contributed by atoms with Crippen molar-refractivity contribution in [2.75, 3.05) is 16.0 Å². The van der Waals surface area contributed by atoms with Crippen LogP contribution in [0.5, 0.6) is 0 Å². The van der Waals surface area contributed by atoms with Crippen molar-refractivity contribution in [3.8, 4) is 0 Å². The number of nitrogens with one attached hydrogen (secondary N) is 3. The Balaban J connectivity index is 1.71. The summed E-state index contributed by atoms with van der Waals surface area (Å²) >= 11 is 0. The molecule has 3 amide bonds. The maximum absolute atomic E-state index is 13.0. The first-order valence-electron chi connectivity index (χ1n) is 8.77. The fraction of sp³-hybridized carbons (Fsp3) is 0.0455. The third kappa shape index (κ3) is 5.49. The van der Waals surface area contributed by atoms with Gasteiger partial charge in [0.2, 0.25) is 5.91 Å². The maximum atomic E-state index is 13.0. The number of anilines is 3. The van der Waals surface area contributed by atoms with Gasteiger partial charge >= 0.3 is 0 Å². The average Bonchev–Trinajstić information content (AvgIpc) is 2.69. The van der Waals surface area contributed by atoms with E-state index in [-0.39, 0.29) is 11.5 Å². The fourth-order valence-corrected chi connectivity index (χ4v) is 2.62. The summed E-state index contributed by atoms with van der Waals surface area (Å²) in [4.78, 5) is 36.1. The summed E-state index contributed by atoms with van der Waals surface area (Å²) in [5, 5.41) is 8.02. The van der Waals surface area contributed by atoms with Crippen LogP contribution in [-0.4, -0.2) is 17.7 Å². The van der Waals surface area contributed by atoms with Crippen molar-refractivity contribution in [3.05, 3.63) is 89.7 Å². The Morgan fingerprint density at radius 1 is 0.655 bits per heavy atom. The number of benzene rings is 3. The van der Waals surface area contributed by atoms with Crippen LogP contribution >= 0.6 is 0 Å².